The molecule has 4 nitrogen and oxygen atoms in total. The highest BCUT2D eigenvalue weighted by molar-refractivity contribution is 9.08. The van der Waals surface area contributed by atoms with E-state index in [1.807, 2.05) is 20.0 Å². The standard InChI is InChI=1S/C15H14BrN3O/c1-9-3-13(20)4-10(2)14(9)12-5-11(6-16)15-17-8-18-19(15)7-12/h3-5,7-8,20H,6H2,1-2H3. The third-order valence-electron chi connectivity index (χ3n) is 3.40. The van der Waals surface area contributed by atoms with Crippen LogP contribution in [0.2, 0.25) is 0 Å². The van der Waals surface area contributed by atoms with Gasteiger partial charge < -0.3 is 5.11 Å². The van der Waals surface area contributed by atoms with Gasteiger partial charge in [0, 0.05) is 22.7 Å². The molecule has 0 saturated heterocycles. The molecule has 0 saturated carbocycles. The zero-order valence-electron chi connectivity index (χ0n) is 11.3. The maximum atomic E-state index is 9.67. The molecular weight excluding hydrogens is 318 g/mol. The number of phenols is 1. The van der Waals surface area contributed by atoms with Crippen LogP contribution in [0.1, 0.15) is 16.7 Å². The number of aromatic nitrogens is 3. The molecule has 3 rings (SSSR count). The summed E-state index contributed by atoms with van der Waals surface area (Å²) >= 11 is 3.50. The van der Waals surface area contributed by atoms with Crippen molar-refractivity contribution in [2.24, 2.45) is 0 Å². The van der Waals surface area contributed by atoms with E-state index >= 15 is 0 Å². The van der Waals surface area contributed by atoms with E-state index in [4.69, 9.17) is 0 Å². The Morgan fingerprint density at radius 2 is 1.90 bits per heavy atom. The van der Waals surface area contributed by atoms with Crippen molar-refractivity contribution in [1.82, 2.24) is 14.6 Å². The quantitative estimate of drug-likeness (QED) is 0.730. The lowest BCUT2D eigenvalue weighted by molar-refractivity contribution is 0.474. The maximum Gasteiger partial charge on any atom is 0.159 e. The highest BCUT2D eigenvalue weighted by atomic mass is 79.9. The average molecular weight is 332 g/mol. The number of nitrogens with zero attached hydrogens (tertiary/aromatic N) is 3. The Kier molecular flexibility index (Phi) is 3.22. The number of halogens is 1. The van der Waals surface area contributed by atoms with Gasteiger partial charge in [-0.15, -0.1) is 0 Å². The van der Waals surface area contributed by atoms with E-state index in [9.17, 15) is 5.11 Å². The lowest BCUT2D eigenvalue weighted by Gasteiger charge is -2.12. The highest BCUT2D eigenvalue weighted by Crippen LogP contribution is 2.31. The topological polar surface area (TPSA) is 50.4 Å². The molecule has 5 heteroatoms. The molecule has 0 radical (unpaired) electrons. The van der Waals surface area contributed by atoms with E-state index in [1.165, 1.54) is 0 Å². The fourth-order valence-corrected chi connectivity index (χ4v) is 3.04. The van der Waals surface area contributed by atoms with Crippen molar-refractivity contribution in [3.63, 3.8) is 0 Å². The molecule has 0 aliphatic rings. The summed E-state index contributed by atoms with van der Waals surface area (Å²) in [5.74, 6) is 0.297. The Morgan fingerprint density at radius 3 is 2.55 bits per heavy atom. The maximum absolute atomic E-state index is 9.67. The van der Waals surface area contributed by atoms with Crippen LogP contribution in [-0.4, -0.2) is 19.7 Å². The molecule has 102 valence electrons. The Balaban J connectivity index is 2.29. The van der Waals surface area contributed by atoms with Crippen LogP contribution in [0.15, 0.2) is 30.7 Å². The lowest BCUT2D eigenvalue weighted by atomic mass is 9.96. The first kappa shape index (κ1) is 13.1. The van der Waals surface area contributed by atoms with Crippen LogP contribution < -0.4 is 0 Å². The fourth-order valence-electron chi connectivity index (χ4n) is 2.63. The zero-order chi connectivity index (χ0) is 14.3. The van der Waals surface area contributed by atoms with Crippen LogP contribution in [0, 0.1) is 13.8 Å². The van der Waals surface area contributed by atoms with Crippen molar-refractivity contribution in [1.29, 1.82) is 0 Å². The number of aryl methyl sites for hydroxylation is 2. The predicted octanol–water partition coefficient (Wildman–Crippen LogP) is 3.61. The Labute approximate surface area is 125 Å². The van der Waals surface area contributed by atoms with Gasteiger partial charge in [0.15, 0.2) is 5.65 Å². The summed E-state index contributed by atoms with van der Waals surface area (Å²) in [7, 11) is 0. The summed E-state index contributed by atoms with van der Waals surface area (Å²) in [4.78, 5) is 4.27. The van der Waals surface area contributed by atoms with E-state index in [-0.39, 0.29) is 0 Å². The molecule has 2 heterocycles. The van der Waals surface area contributed by atoms with Crippen LogP contribution in [0.5, 0.6) is 5.75 Å². The molecular formula is C15H14BrN3O. The van der Waals surface area contributed by atoms with Crippen LogP contribution in [0.3, 0.4) is 0 Å². The number of pyridine rings is 1. The number of rotatable bonds is 2. The van der Waals surface area contributed by atoms with Gasteiger partial charge in [0.25, 0.3) is 0 Å². The van der Waals surface area contributed by atoms with Crippen LogP contribution >= 0.6 is 15.9 Å². The van der Waals surface area contributed by atoms with E-state index in [0.29, 0.717) is 5.75 Å². The number of alkyl halides is 1. The van der Waals surface area contributed by atoms with Crippen molar-refractivity contribution in [2.45, 2.75) is 19.2 Å². The summed E-state index contributed by atoms with van der Waals surface area (Å²) in [6.45, 7) is 4.00. The Bertz CT molecular complexity index is 772. The van der Waals surface area contributed by atoms with Crippen LogP contribution in [-0.2, 0) is 5.33 Å². The first-order valence-corrected chi connectivity index (χ1v) is 7.41. The Morgan fingerprint density at radius 1 is 1.20 bits per heavy atom. The molecule has 3 aromatic rings. The second kappa shape index (κ2) is 4.90. The SMILES string of the molecule is Cc1cc(O)cc(C)c1-c1cc(CBr)c2ncnn2c1. The van der Waals surface area contributed by atoms with Crippen molar-refractivity contribution in [2.75, 3.05) is 0 Å². The van der Waals surface area contributed by atoms with Crippen LogP contribution in [0.4, 0.5) is 0 Å². The number of benzene rings is 1. The summed E-state index contributed by atoms with van der Waals surface area (Å²) in [6.07, 6.45) is 3.53. The molecule has 0 atom stereocenters. The van der Waals surface area contributed by atoms with E-state index in [1.54, 1.807) is 23.0 Å². The Hall–Kier alpha value is -1.88. The minimum Gasteiger partial charge on any atom is -0.508 e. The monoisotopic (exact) mass is 331 g/mol. The summed E-state index contributed by atoms with van der Waals surface area (Å²) in [6, 6.07) is 5.68. The normalized spacial score (nSPS) is 11.2. The smallest absolute Gasteiger partial charge is 0.159 e. The van der Waals surface area contributed by atoms with Gasteiger partial charge in [-0.05, 0) is 48.7 Å². The summed E-state index contributed by atoms with van der Waals surface area (Å²) < 4.78 is 1.79. The number of fused-ring (bicyclic) bond motifs is 1. The van der Waals surface area contributed by atoms with Crippen LogP contribution in [0.25, 0.3) is 16.8 Å². The molecule has 0 bridgehead atoms. The van der Waals surface area contributed by atoms with Gasteiger partial charge in [-0.2, -0.15) is 5.10 Å². The van der Waals surface area contributed by atoms with Gasteiger partial charge in [-0.3, -0.25) is 0 Å². The second-order valence-corrected chi connectivity index (χ2v) is 5.43. The number of phenolic OH excluding ortho intramolecular Hbond substituents is 1. The summed E-state index contributed by atoms with van der Waals surface area (Å²) in [5, 5.41) is 14.6. The van der Waals surface area contributed by atoms with Gasteiger partial charge in [0.05, 0.1) is 0 Å². The fraction of sp³-hybridized carbons (Fsp3) is 0.200. The van der Waals surface area contributed by atoms with Gasteiger partial charge in [0.2, 0.25) is 0 Å². The van der Waals surface area contributed by atoms with E-state index in [0.717, 1.165) is 38.8 Å². The second-order valence-electron chi connectivity index (χ2n) is 4.87. The molecule has 0 fully saturated rings. The molecule has 0 unspecified atom stereocenters. The van der Waals surface area contributed by atoms with Crippen molar-refractivity contribution >= 4 is 21.6 Å². The molecule has 0 aliphatic carbocycles. The van der Waals surface area contributed by atoms with Gasteiger partial charge in [0.1, 0.15) is 12.1 Å². The molecule has 1 N–H and O–H groups in total. The van der Waals surface area contributed by atoms with E-state index < -0.39 is 0 Å². The predicted molar refractivity (Wildman–Crippen MR) is 82.2 cm³/mol. The first-order valence-electron chi connectivity index (χ1n) is 6.29. The third kappa shape index (κ3) is 2.08. The molecule has 20 heavy (non-hydrogen) atoms. The summed E-state index contributed by atoms with van der Waals surface area (Å²) in [5.41, 5.74) is 6.24. The minimum atomic E-state index is 0.297. The molecule has 1 aromatic carbocycles. The molecule has 0 aliphatic heterocycles. The first-order chi connectivity index (χ1) is 9.60. The third-order valence-corrected chi connectivity index (χ3v) is 4.01. The molecule has 2 aromatic heterocycles. The number of hydrogen-bond donors (Lipinski definition) is 1. The van der Waals surface area contributed by atoms with Crippen molar-refractivity contribution in [3.8, 4) is 16.9 Å². The van der Waals surface area contributed by atoms with Gasteiger partial charge >= 0.3 is 0 Å². The lowest BCUT2D eigenvalue weighted by Crippen LogP contribution is -1.96. The number of aromatic hydroxyl groups is 1. The minimum absolute atomic E-state index is 0.297. The van der Waals surface area contributed by atoms with E-state index in [2.05, 4.69) is 32.1 Å². The highest BCUT2D eigenvalue weighted by Gasteiger charge is 2.12. The van der Waals surface area contributed by atoms with Crippen molar-refractivity contribution in [3.05, 3.63) is 47.4 Å². The van der Waals surface area contributed by atoms with Crippen molar-refractivity contribution < 1.29 is 5.11 Å². The molecule has 0 spiro atoms. The molecule has 0 amide bonds. The number of hydrogen-bond acceptors (Lipinski definition) is 3. The zero-order valence-corrected chi connectivity index (χ0v) is 12.8. The largest absolute Gasteiger partial charge is 0.508 e. The average Bonchev–Trinajstić information content (AvgIpc) is 2.84. The van der Waals surface area contributed by atoms with Gasteiger partial charge in [-0.1, -0.05) is 15.9 Å². The van der Waals surface area contributed by atoms with Gasteiger partial charge in [-0.25, -0.2) is 9.50 Å².